The van der Waals surface area contributed by atoms with Crippen LogP contribution in [0.3, 0.4) is 0 Å². The second-order valence-electron chi connectivity index (χ2n) is 6.18. The third-order valence-corrected chi connectivity index (χ3v) is 10.7. The molecule has 19 heavy (non-hydrogen) atoms. The van der Waals surface area contributed by atoms with Gasteiger partial charge in [-0.15, -0.1) is 0 Å². The van der Waals surface area contributed by atoms with E-state index in [-0.39, 0.29) is 0 Å². The zero-order valence-electron chi connectivity index (χ0n) is 12.9. The molecular formula is C14H28ClN2OP. The number of nitrogens with zero attached hydrogens (tertiary/aromatic N) is 2. The Morgan fingerprint density at radius 1 is 1.05 bits per heavy atom. The number of hydrogen-bond acceptors (Lipinski definition) is 3. The molecule has 1 saturated heterocycles. The van der Waals surface area contributed by atoms with Gasteiger partial charge in [-0.25, -0.2) is 0 Å². The van der Waals surface area contributed by atoms with Gasteiger partial charge in [0.25, 0.3) is 0 Å². The monoisotopic (exact) mass is 306 g/mol. The predicted octanol–water partition coefficient (Wildman–Crippen LogP) is 4.75. The second-order valence-corrected chi connectivity index (χ2v) is 12.5. The molecular weight excluding hydrogens is 279 g/mol. The van der Waals surface area contributed by atoms with E-state index in [1.807, 2.05) is 6.92 Å². The van der Waals surface area contributed by atoms with E-state index < -0.39 is 12.4 Å². The molecule has 0 aromatic carbocycles. The number of halogens is 1. The van der Waals surface area contributed by atoms with Gasteiger partial charge in [-0.3, -0.25) is 0 Å². The number of rotatable bonds is 5. The minimum atomic E-state index is -2.93. The van der Waals surface area contributed by atoms with Crippen molar-refractivity contribution in [2.45, 2.75) is 72.1 Å². The fraction of sp³-hybridized carbons (Fsp3) is 0.929. The standard InChI is InChI=1S/C14H28ClN2OP/c1-12(2)17(13(3)4)19(15,18-14(5)11-16)9-7-6-8-10-19/h12-14H,6-10H2,1-5H3. The fourth-order valence-electron chi connectivity index (χ4n) is 3.51. The summed E-state index contributed by atoms with van der Waals surface area (Å²) in [5, 5.41) is 9.12. The first-order valence-electron chi connectivity index (χ1n) is 7.34. The molecule has 1 rings (SSSR count). The third-order valence-electron chi connectivity index (χ3n) is 3.83. The SMILES string of the molecule is CC(C#N)OP1(Cl)(N(C(C)C)C(C)C)CCCCC1. The van der Waals surface area contributed by atoms with Crippen LogP contribution in [0.4, 0.5) is 0 Å². The van der Waals surface area contributed by atoms with E-state index in [1.165, 1.54) is 6.42 Å². The molecule has 1 heterocycles. The van der Waals surface area contributed by atoms with Crippen LogP contribution in [-0.4, -0.2) is 35.2 Å². The van der Waals surface area contributed by atoms with Gasteiger partial charge >= 0.3 is 122 Å². The Balaban J connectivity index is 3.20. The van der Waals surface area contributed by atoms with Crippen molar-refractivity contribution in [1.29, 1.82) is 5.26 Å². The van der Waals surface area contributed by atoms with E-state index in [1.54, 1.807) is 0 Å². The quantitative estimate of drug-likeness (QED) is 0.687. The van der Waals surface area contributed by atoms with E-state index in [4.69, 9.17) is 21.0 Å². The Morgan fingerprint density at radius 2 is 1.53 bits per heavy atom. The van der Waals surface area contributed by atoms with Crippen molar-refractivity contribution in [3.63, 3.8) is 0 Å². The summed E-state index contributed by atoms with van der Waals surface area (Å²) in [5.74, 6) is 0. The van der Waals surface area contributed by atoms with Gasteiger partial charge in [-0.1, -0.05) is 0 Å². The fourth-order valence-corrected chi connectivity index (χ4v) is 11.1. The third kappa shape index (κ3) is 3.61. The second kappa shape index (κ2) is 6.27. The van der Waals surface area contributed by atoms with Crippen LogP contribution in [0.5, 0.6) is 0 Å². The van der Waals surface area contributed by atoms with E-state index in [0.29, 0.717) is 12.1 Å². The van der Waals surface area contributed by atoms with E-state index in [0.717, 1.165) is 25.2 Å². The Bertz CT molecular complexity index is 340. The molecule has 0 aliphatic carbocycles. The van der Waals surface area contributed by atoms with Crippen LogP contribution in [-0.2, 0) is 4.52 Å². The average Bonchev–Trinajstić information content (AvgIpc) is 2.27. The van der Waals surface area contributed by atoms with Crippen molar-refractivity contribution in [2.24, 2.45) is 0 Å². The topological polar surface area (TPSA) is 36.3 Å². The summed E-state index contributed by atoms with van der Waals surface area (Å²) in [4.78, 5) is 0. The summed E-state index contributed by atoms with van der Waals surface area (Å²) >= 11 is 7.25. The molecule has 0 saturated carbocycles. The van der Waals surface area contributed by atoms with Crippen LogP contribution in [0.25, 0.3) is 0 Å². The first-order valence-corrected chi connectivity index (χ1v) is 10.7. The molecule has 5 heteroatoms. The molecule has 1 atom stereocenters. The minimum absolute atomic E-state index is 0.333. The van der Waals surface area contributed by atoms with Crippen LogP contribution in [0.2, 0.25) is 0 Å². The Labute approximate surface area is 123 Å². The van der Waals surface area contributed by atoms with E-state index in [2.05, 4.69) is 38.4 Å². The van der Waals surface area contributed by atoms with Crippen molar-refractivity contribution < 1.29 is 4.52 Å². The molecule has 1 aliphatic heterocycles. The van der Waals surface area contributed by atoms with Crippen molar-refractivity contribution in [2.75, 3.05) is 12.3 Å². The molecule has 0 bridgehead atoms. The van der Waals surface area contributed by atoms with Crippen LogP contribution in [0, 0.1) is 11.3 Å². The van der Waals surface area contributed by atoms with Gasteiger partial charge in [0.05, 0.1) is 0 Å². The average molecular weight is 307 g/mol. The molecule has 1 aliphatic rings. The Hall–Kier alpha value is 0.130. The van der Waals surface area contributed by atoms with Crippen molar-refractivity contribution in [1.82, 2.24) is 4.67 Å². The molecule has 1 fully saturated rings. The van der Waals surface area contributed by atoms with Crippen LogP contribution in [0.15, 0.2) is 0 Å². The number of hydrogen-bond donors (Lipinski definition) is 0. The maximum atomic E-state index is 9.12. The van der Waals surface area contributed by atoms with Gasteiger partial charge in [0.2, 0.25) is 0 Å². The summed E-state index contributed by atoms with van der Waals surface area (Å²) in [7, 11) is 0. The normalized spacial score (nSPS) is 25.8. The first kappa shape index (κ1) is 17.2. The summed E-state index contributed by atoms with van der Waals surface area (Å²) in [5.41, 5.74) is 0. The maximum absolute atomic E-state index is 9.12. The molecule has 0 N–H and O–H groups in total. The predicted molar refractivity (Wildman–Crippen MR) is 84.6 cm³/mol. The van der Waals surface area contributed by atoms with Gasteiger partial charge in [0.15, 0.2) is 0 Å². The molecule has 0 aromatic rings. The zero-order valence-corrected chi connectivity index (χ0v) is 14.5. The molecule has 112 valence electrons. The first-order chi connectivity index (χ1) is 8.73. The molecule has 0 amide bonds. The van der Waals surface area contributed by atoms with Crippen molar-refractivity contribution in [3.8, 4) is 6.07 Å². The van der Waals surface area contributed by atoms with Gasteiger partial charge in [0.1, 0.15) is 0 Å². The summed E-state index contributed by atoms with van der Waals surface area (Å²) in [6.07, 6.45) is 1.89. The van der Waals surface area contributed by atoms with Crippen molar-refractivity contribution >= 4 is 17.6 Å². The summed E-state index contributed by atoms with van der Waals surface area (Å²) < 4.78 is 8.64. The molecule has 0 spiro atoms. The summed E-state index contributed by atoms with van der Waals surface area (Å²) in [6, 6.07) is 2.86. The van der Waals surface area contributed by atoms with E-state index in [9.17, 15) is 0 Å². The Morgan fingerprint density at radius 3 is 1.89 bits per heavy atom. The molecule has 0 radical (unpaired) electrons. The molecule has 1 unspecified atom stereocenters. The molecule has 3 nitrogen and oxygen atoms in total. The summed E-state index contributed by atoms with van der Waals surface area (Å²) in [6.45, 7) is 10.5. The van der Waals surface area contributed by atoms with Gasteiger partial charge in [-0.2, -0.15) is 0 Å². The van der Waals surface area contributed by atoms with Crippen LogP contribution in [0.1, 0.15) is 53.9 Å². The van der Waals surface area contributed by atoms with Gasteiger partial charge in [0, 0.05) is 0 Å². The van der Waals surface area contributed by atoms with Gasteiger partial charge < -0.3 is 0 Å². The van der Waals surface area contributed by atoms with Gasteiger partial charge in [-0.05, 0) is 0 Å². The van der Waals surface area contributed by atoms with Crippen LogP contribution >= 0.6 is 17.6 Å². The molecule has 0 aromatic heterocycles. The Kier molecular flexibility index (Phi) is 5.67. The number of nitriles is 1. The van der Waals surface area contributed by atoms with E-state index >= 15 is 0 Å². The van der Waals surface area contributed by atoms with Crippen molar-refractivity contribution in [3.05, 3.63) is 0 Å². The zero-order chi connectivity index (χ0) is 14.7. The van der Waals surface area contributed by atoms with Crippen LogP contribution < -0.4 is 0 Å².